The largest absolute Gasteiger partial charge is 0.349 e. The summed E-state index contributed by atoms with van der Waals surface area (Å²) >= 11 is 0. The summed E-state index contributed by atoms with van der Waals surface area (Å²) in [7, 11) is 0. The van der Waals surface area contributed by atoms with Crippen LogP contribution in [0.5, 0.6) is 0 Å². The lowest BCUT2D eigenvalue weighted by Crippen LogP contribution is -2.27. The van der Waals surface area contributed by atoms with Gasteiger partial charge in [0.2, 0.25) is 5.82 Å². The lowest BCUT2D eigenvalue weighted by Gasteiger charge is -2.07. The summed E-state index contributed by atoms with van der Waals surface area (Å²) in [5.41, 5.74) is -0.124. The van der Waals surface area contributed by atoms with Crippen molar-refractivity contribution in [2.45, 2.75) is 26.3 Å². The van der Waals surface area contributed by atoms with Crippen molar-refractivity contribution in [3.8, 4) is 0 Å². The molecule has 1 amide bonds. The molecule has 0 spiro atoms. The van der Waals surface area contributed by atoms with Crippen molar-refractivity contribution in [1.29, 1.82) is 0 Å². The predicted molar refractivity (Wildman–Crippen MR) is 62.8 cm³/mol. The summed E-state index contributed by atoms with van der Waals surface area (Å²) in [6.07, 6.45) is 0.911. The van der Waals surface area contributed by atoms with Crippen LogP contribution in [0.4, 0.5) is 10.1 Å². The van der Waals surface area contributed by atoms with Gasteiger partial charge in [-0.25, -0.2) is 0 Å². The van der Waals surface area contributed by atoms with Gasteiger partial charge in [-0.1, -0.05) is 6.92 Å². The van der Waals surface area contributed by atoms with E-state index in [9.17, 15) is 19.3 Å². The van der Waals surface area contributed by atoms with Gasteiger partial charge in [-0.15, -0.1) is 0 Å². The summed E-state index contributed by atoms with van der Waals surface area (Å²) in [5.74, 6) is -0.872. The first-order chi connectivity index (χ1) is 8.40. The Morgan fingerprint density at radius 3 is 2.67 bits per heavy atom. The predicted octanol–water partition coefficient (Wildman–Crippen LogP) is 2.18. The molecule has 1 aliphatic rings. The number of nitro groups is 1. The zero-order chi connectivity index (χ0) is 13.4. The number of nitrogens with zero attached hydrogens (tertiary/aromatic N) is 1. The lowest BCUT2D eigenvalue weighted by atomic mass is 10.1. The molecule has 5 nitrogen and oxygen atoms in total. The molecule has 1 aromatic carbocycles. The van der Waals surface area contributed by atoms with Gasteiger partial charge < -0.3 is 5.32 Å². The molecule has 6 heteroatoms. The average molecular weight is 252 g/mol. The van der Waals surface area contributed by atoms with E-state index in [0.717, 1.165) is 18.6 Å². The average Bonchev–Trinajstić information content (AvgIpc) is 2.93. The van der Waals surface area contributed by atoms with Crippen molar-refractivity contribution in [3.05, 3.63) is 39.2 Å². The van der Waals surface area contributed by atoms with Crippen molar-refractivity contribution in [3.63, 3.8) is 0 Å². The fraction of sp³-hybridized carbons (Fsp3) is 0.417. The number of hydrogen-bond donors (Lipinski definition) is 1. The monoisotopic (exact) mass is 252 g/mol. The van der Waals surface area contributed by atoms with Crippen molar-refractivity contribution in [1.82, 2.24) is 5.32 Å². The molecule has 0 radical (unpaired) electrons. The van der Waals surface area contributed by atoms with Crippen molar-refractivity contribution in [2.75, 3.05) is 0 Å². The van der Waals surface area contributed by atoms with Gasteiger partial charge in [-0.2, -0.15) is 4.39 Å². The molecule has 2 atom stereocenters. The fourth-order valence-corrected chi connectivity index (χ4v) is 1.82. The Bertz CT molecular complexity index is 530. The maximum Gasteiger partial charge on any atom is 0.305 e. The molecule has 0 saturated heterocycles. The van der Waals surface area contributed by atoms with E-state index in [0.29, 0.717) is 11.5 Å². The zero-order valence-corrected chi connectivity index (χ0v) is 10.1. The Balaban J connectivity index is 2.28. The molecule has 1 aliphatic carbocycles. The molecule has 1 aromatic rings. The lowest BCUT2D eigenvalue weighted by molar-refractivity contribution is -0.387. The minimum Gasteiger partial charge on any atom is -0.349 e. The minimum absolute atomic E-state index is 0.126. The molecule has 96 valence electrons. The summed E-state index contributed by atoms with van der Waals surface area (Å²) in [6.45, 7) is 3.56. The van der Waals surface area contributed by atoms with Gasteiger partial charge in [-0.05, 0) is 30.9 Å². The third kappa shape index (κ3) is 2.32. The van der Waals surface area contributed by atoms with E-state index in [1.165, 1.54) is 0 Å². The number of nitro benzene ring substituents is 1. The van der Waals surface area contributed by atoms with Gasteiger partial charge in [0.1, 0.15) is 0 Å². The molecular weight excluding hydrogens is 239 g/mol. The number of nitrogens with one attached hydrogen (secondary N) is 1. The van der Waals surface area contributed by atoms with E-state index >= 15 is 0 Å². The van der Waals surface area contributed by atoms with Gasteiger partial charge in [0.05, 0.1) is 4.92 Å². The number of hydrogen-bond acceptors (Lipinski definition) is 3. The van der Waals surface area contributed by atoms with Gasteiger partial charge in [0.25, 0.3) is 5.91 Å². The van der Waals surface area contributed by atoms with Crippen molar-refractivity contribution in [2.24, 2.45) is 5.92 Å². The first-order valence-electron chi connectivity index (χ1n) is 5.65. The maximum atomic E-state index is 13.3. The van der Waals surface area contributed by atoms with Crippen LogP contribution in [0.25, 0.3) is 0 Å². The highest BCUT2D eigenvalue weighted by Crippen LogP contribution is 2.30. The number of benzene rings is 1. The second-order valence-electron chi connectivity index (χ2n) is 4.67. The Labute approximate surface area is 103 Å². The van der Waals surface area contributed by atoms with E-state index in [4.69, 9.17) is 0 Å². The normalized spacial score (nSPS) is 21.5. The van der Waals surface area contributed by atoms with Gasteiger partial charge in [0.15, 0.2) is 0 Å². The molecule has 0 aliphatic heterocycles. The standard InChI is InChI=1S/C12H13FN2O3/c1-6-3-9(13)11(15(17)18)5-8(6)12(16)14-10-4-7(10)2/h3,5,7,10H,4H2,1-2H3,(H,14,16). The van der Waals surface area contributed by atoms with Crippen molar-refractivity contribution >= 4 is 11.6 Å². The SMILES string of the molecule is Cc1cc(F)c([N+](=O)[O-])cc1C(=O)NC1CC1C. The molecule has 1 N–H and O–H groups in total. The minimum atomic E-state index is -0.922. The third-order valence-electron chi connectivity index (χ3n) is 3.16. The molecule has 18 heavy (non-hydrogen) atoms. The highest BCUT2D eigenvalue weighted by Gasteiger charge is 2.34. The molecular formula is C12H13FN2O3. The highest BCUT2D eigenvalue weighted by molar-refractivity contribution is 5.96. The molecule has 1 saturated carbocycles. The Kier molecular flexibility index (Phi) is 3.02. The molecule has 2 unspecified atom stereocenters. The third-order valence-corrected chi connectivity index (χ3v) is 3.16. The van der Waals surface area contributed by atoms with Gasteiger partial charge >= 0.3 is 5.69 Å². The van der Waals surface area contributed by atoms with Crippen LogP contribution >= 0.6 is 0 Å². The highest BCUT2D eigenvalue weighted by atomic mass is 19.1. The van der Waals surface area contributed by atoms with E-state index in [2.05, 4.69) is 5.32 Å². The van der Waals surface area contributed by atoms with Gasteiger partial charge in [-0.3, -0.25) is 14.9 Å². The zero-order valence-electron chi connectivity index (χ0n) is 10.1. The fourth-order valence-electron chi connectivity index (χ4n) is 1.82. The number of carbonyl (C=O) groups excluding carboxylic acids is 1. The molecule has 0 bridgehead atoms. The van der Waals surface area contributed by atoms with E-state index in [1.807, 2.05) is 6.92 Å². The maximum absolute atomic E-state index is 13.3. The van der Waals surface area contributed by atoms with Crippen LogP contribution in [0.1, 0.15) is 29.3 Å². The van der Waals surface area contributed by atoms with E-state index < -0.39 is 16.4 Å². The van der Waals surface area contributed by atoms with Crippen LogP contribution in [-0.2, 0) is 0 Å². The quantitative estimate of drug-likeness (QED) is 0.662. The Morgan fingerprint density at radius 1 is 1.56 bits per heavy atom. The number of halogens is 1. The van der Waals surface area contributed by atoms with Crippen LogP contribution in [0.3, 0.4) is 0 Å². The number of carbonyl (C=O) groups is 1. The molecule has 0 heterocycles. The van der Waals surface area contributed by atoms with Crippen LogP contribution in [0.15, 0.2) is 12.1 Å². The summed E-state index contributed by atoms with van der Waals surface area (Å²) in [4.78, 5) is 21.7. The summed E-state index contributed by atoms with van der Waals surface area (Å²) < 4.78 is 13.3. The van der Waals surface area contributed by atoms with Gasteiger partial charge in [0, 0.05) is 17.7 Å². The summed E-state index contributed by atoms with van der Waals surface area (Å²) in [5, 5.41) is 13.4. The Hall–Kier alpha value is -1.98. The smallest absolute Gasteiger partial charge is 0.305 e. The molecule has 2 rings (SSSR count). The second-order valence-corrected chi connectivity index (χ2v) is 4.67. The summed E-state index contributed by atoms with van der Waals surface area (Å²) in [6, 6.07) is 2.14. The molecule has 0 aromatic heterocycles. The van der Waals surface area contributed by atoms with Crippen molar-refractivity contribution < 1.29 is 14.1 Å². The first kappa shape index (κ1) is 12.5. The van der Waals surface area contributed by atoms with Crippen LogP contribution < -0.4 is 5.32 Å². The van der Waals surface area contributed by atoms with E-state index in [1.54, 1.807) is 6.92 Å². The topological polar surface area (TPSA) is 72.2 Å². The van der Waals surface area contributed by atoms with E-state index in [-0.39, 0.29) is 17.5 Å². The number of aryl methyl sites for hydroxylation is 1. The number of amides is 1. The first-order valence-corrected chi connectivity index (χ1v) is 5.65. The van der Waals surface area contributed by atoms with Crippen LogP contribution in [0, 0.1) is 28.8 Å². The van der Waals surface area contributed by atoms with Crippen LogP contribution in [-0.4, -0.2) is 16.9 Å². The second kappa shape index (κ2) is 4.36. The number of rotatable bonds is 3. The van der Waals surface area contributed by atoms with Crippen LogP contribution in [0.2, 0.25) is 0 Å². The molecule has 1 fully saturated rings. The Morgan fingerprint density at radius 2 is 2.17 bits per heavy atom.